The zero-order valence-corrected chi connectivity index (χ0v) is 12.5. The van der Waals surface area contributed by atoms with Crippen LogP contribution in [0.1, 0.15) is 0 Å². The van der Waals surface area contributed by atoms with Crippen molar-refractivity contribution in [3.63, 3.8) is 0 Å². The molecule has 8 heteroatoms. The highest BCUT2D eigenvalue weighted by Crippen LogP contribution is 2.30. The summed E-state index contributed by atoms with van der Waals surface area (Å²) in [5.74, 6) is 0.923. The maximum Gasteiger partial charge on any atom is 0.322 e. The van der Waals surface area contributed by atoms with Crippen LogP contribution in [0.3, 0.4) is 0 Å². The molecule has 100 valence electrons. The molecule has 0 bridgehead atoms. The van der Waals surface area contributed by atoms with Crippen molar-refractivity contribution >= 4 is 39.2 Å². The molecule has 1 aromatic carbocycles. The minimum atomic E-state index is 0.0447. The van der Waals surface area contributed by atoms with Gasteiger partial charge in [0.25, 0.3) is 0 Å². The van der Waals surface area contributed by atoms with Gasteiger partial charge in [0, 0.05) is 4.47 Å². The second-order valence-electron chi connectivity index (χ2n) is 3.38. The molecular weight excluding hydrogens is 336 g/mol. The fourth-order valence-electron chi connectivity index (χ4n) is 1.38. The number of ether oxygens (including phenoxy) is 2. The summed E-state index contributed by atoms with van der Waals surface area (Å²) < 4.78 is 11.1. The Labute approximate surface area is 123 Å². The normalized spacial score (nSPS) is 10.1. The number of nitrogens with zero attached hydrogens (tertiary/aromatic N) is 3. The van der Waals surface area contributed by atoms with E-state index >= 15 is 0 Å². The molecule has 0 spiro atoms. The van der Waals surface area contributed by atoms with E-state index in [1.807, 2.05) is 18.2 Å². The number of rotatable bonds is 4. The lowest BCUT2D eigenvalue weighted by Gasteiger charge is -2.10. The molecular formula is C11H10BrClN4O2. The maximum absolute atomic E-state index is 5.78. The van der Waals surface area contributed by atoms with Crippen molar-refractivity contribution in [2.45, 2.75) is 0 Å². The number of anilines is 2. The number of hydrogen-bond donors (Lipinski definition) is 1. The van der Waals surface area contributed by atoms with Crippen LogP contribution in [-0.4, -0.2) is 29.2 Å². The lowest BCUT2D eigenvalue weighted by atomic mass is 10.3. The number of nitrogens with one attached hydrogen (secondary N) is 1. The Morgan fingerprint density at radius 2 is 1.95 bits per heavy atom. The Hall–Kier alpha value is -1.60. The molecule has 19 heavy (non-hydrogen) atoms. The monoisotopic (exact) mass is 344 g/mol. The third-order valence-corrected chi connectivity index (χ3v) is 2.84. The Morgan fingerprint density at radius 1 is 1.16 bits per heavy atom. The van der Waals surface area contributed by atoms with Crippen LogP contribution in [0.2, 0.25) is 5.28 Å². The second-order valence-corrected chi connectivity index (χ2v) is 4.64. The van der Waals surface area contributed by atoms with Crippen LogP contribution < -0.4 is 14.8 Å². The van der Waals surface area contributed by atoms with Gasteiger partial charge < -0.3 is 14.8 Å². The zero-order chi connectivity index (χ0) is 13.8. The molecule has 6 nitrogen and oxygen atoms in total. The molecule has 0 radical (unpaired) electrons. The van der Waals surface area contributed by atoms with Crippen molar-refractivity contribution in [2.24, 2.45) is 0 Å². The largest absolute Gasteiger partial charge is 0.495 e. The fraction of sp³-hybridized carbons (Fsp3) is 0.182. The quantitative estimate of drug-likeness (QED) is 0.918. The van der Waals surface area contributed by atoms with Gasteiger partial charge in [-0.15, -0.1) is 0 Å². The summed E-state index contributed by atoms with van der Waals surface area (Å²) in [5.41, 5.74) is 0.696. The Kier molecular flexibility index (Phi) is 4.39. The van der Waals surface area contributed by atoms with Crippen molar-refractivity contribution < 1.29 is 9.47 Å². The van der Waals surface area contributed by atoms with E-state index in [9.17, 15) is 0 Å². The van der Waals surface area contributed by atoms with Gasteiger partial charge in [0.1, 0.15) is 5.75 Å². The highest BCUT2D eigenvalue weighted by atomic mass is 79.9. The lowest BCUT2D eigenvalue weighted by Crippen LogP contribution is -2.02. The number of methoxy groups -OCH3 is 2. The molecule has 0 atom stereocenters. The Morgan fingerprint density at radius 3 is 2.63 bits per heavy atom. The molecule has 0 saturated heterocycles. The summed E-state index contributed by atoms with van der Waals surface area (Å²) >= 11 is 9.16. The van der Waals surface area contributed by atoms with E-state index in [1.54, 1.807) is 7.11 Å². The van der Waals surface area contributed by atoms with Crippen LogP contribution in [0.15, 0.2) is 22.7 Å². The summed E-state index contributed by atoms with van der Waals surface area (Å²) in [6.07, 6.45) is 0. The van der Waals surface area contributed by atoms with E-state index in [2.05, 4.69) is 36.2 Å². The van der Waals surface area contributed by atoms with Gasteiger partial charge in [0.15, 0.2) is 0 Å². The Bertz CT molecular complexity index is 597. The molecule has 0 aliphatic carbocycles. The van der Waals surface area contributed by atoms with Crippen LogP contribution >= 0.6 is 27.5 Å². The van der Waals surface area contributed by atoms with Gasteiger partial charge in [-0.2, -0.15) is 15.0 Å². The van der Waals surface area contributed by atoms with Crippen LogP contribution in [0, 0.1) is 0 Å². The predicted molar refractivity (Wildman–Crippen MR) is 75.4 cm³/mol. The van der Waals surface area contributed by atoms with Gasteiger partial charge in [-0.25, -0.2) is 0 Å². The summed E-state index contributed by atoms with van der Waals surface area (Å²) in [6.45, 7) is 0. The first-order valence-electron chi connectivity index (χ1n) is 5.18. The van der Waals surface area contributed by atoms with Gasteiger partial charge in [-0.1, -0.05) is 15.9 Å². The summed E-state index contributed by atoms with van der Waals surface area (Å²) in [4.78, 5) is 11.8. The highest BCUT2D eigenvalue weighted by Gasteiger charge is 2.09. The smallest absolute Gasteiger partial charge is 0.322 e. The van der Waals surface area contributed by atoms with Crippen LogP contribution in [0.5, 0.6) is 11.8 Å². The first-order valence-corrected chi connectivity index (χ1v) is 6.35. The van der Waals surface area contributed by atoms with Crippen molar-refractivity contribution in [2.75, 3.05) is 19.5 Å². The first-order chi connectivity index (χ1) is 9.12. The molecule has 0 aliphatic rings. The van der Waals surface area contributed by atoms with Crippen molar-refractivity contribution in [3.8, 4) is 11.8 Å². The standard InChI is InChI=1S/C11H10BrClN4O2/c1-18-8-4-3-6(12)5-7(8)14-10-15-9(13)16-11(17-10)19-2/h3-5H,1-2H3,(H,14,15,16,17). The number of halogens is 2. The second kappa shape index (κ2) is 6.03. The van der Waals surface area contributed by atoms with Gasteiger partial charge in [-0.05, 0) is 29.8 Å². The Balaban J connectivity index is 2.35. The van der Waals surface area contributed by atoms with Crippen LogP contribution in [0.25, 0.3) is 0 Å². The number of aromatic nitrogens is 3. The van der Waals surface area contributed by atoms with Gasteiger partial charge >= 0.3 is 6.01 Å². The molecule has 0 aliphatic heterocycles. The fourth-order valence-corrected chi connectivity index (χ4v) is 1.89. The van der Waals surface area contributed by atoms with Crippen molar-refractivity contribution in [1.82, 2.24) is 15.0 Å². The highest BCUT2D eigenvalue weighted by molar-refractivity contribution is 9.10. The minimum Gasteiger partial charge on any atom is -0.495 e. The topological polar surface area (TPSA) is 69.2 Å². The van der Waals surface area contributed by atoms with Crippen LogP contribution in [-0.2, 0) is 0 Å². The van der Waals surface area contributed by atoms with Crippen LogP contribution in [0.4, 0.5) is 11.6 Å². The number of benzene rings is 1. The van der Waals surface area contributed by atoms with Gasteiger partial charge in [0.05, 0.1) is 19.9 Å². The van der Waals surface area contributed by atoms with E-state index in [-0.39, 0.29) is 17.2 Å². The molecule has 2 rings (SSSR count). The molecule has 1 heterocycles. The number of hydrogen-bond acceptors (Lipinski definition) is 6. The SMILES string of the molecule is COc1nc(Cl)nc(Nc2cc(Br)ccc2OC)n1. The predicted octanol–water partition coefficient (Wildman–Crippen LogP) is 3.05. The van der Waals surface area contributed by atoms with Crippen molar-refractivity contribution in [3.05, 3.63) is 28.0 Å². The average molecular weight is 346 g/mol. The van der Waals surface area contributed by atoms with E-state index in [4.69, 9.17) is 21.1 Å². The molecule has 0 saturated carbocycles. The van der Waals surface area contributed by atoms with Gasteiger partial charge in [-0.3, -0.25) is 0 Å². The zero-order valence-electron chi connectivity index (χ0n) is 10.1. The first kappa shape index (κ1) is 13.8. The van der Waals surface area contributed by atoms with Gasteiger partial charge in [0.2, 0.25) is 11.2 Å². The molecule has 0 fully saturated rings. The molecule has 0 amide bonds. The molecule has 1 N–H and O–H groups in total. The van der Waals surface area contributed by atoms with E-state index in [0.717, 1.165) is 4.47 Å². The summed E-state index contributed by atoms with van der Waals surface area (Å²) in [5, 5.41) is 3.04. The summed E-state index contributed by atoms with van der Waals surface area (Å²) in [6, 6.07) is 5.65. The maximum atomic E-state index is 5.78. The van der Waals surface area contributed by atoms with E-state index < -0.39 is 0 Å². The van der Waals surface area contributed by atoms with Crippen molar-refractivity contribution in [1.29, 1.82) is 0 Å². The average Bonchev–Trinajstić information content (AvgIpc) is 2.38. The van der Waals surface area contributed by atoms with E-state index in [1.165, 1.54) is 7.11 Å². The summed E-state index contributed by atoms with van der Waals surface area (Å²) in [7, 11) is 3.03. The molecule has 2 aromatic rings. The third kappa shape index (κ3) is 3.45. The third-order valence-electron chi connectivity index (χ3n) is 2.18. The lowest BCUT2D eigenvalue weighted by molar-refractivity contribution is 0.379. The molecule has 1 aromatic heterocycles. The van der Waals surface area contributed by atoms with E-state index in [0.29, 0.717) is 11.4 Å². The molecule has 0 unspecified atom stereocenters. The minimum absolute atomic E-state index is 0.0447.